The highest BCUT2D eigenvalue weighted by molar-refractivity contribution is 5.85. The molecular weight excluding hydrogens is 246 g/mol. The third kappa shape index (κ3) is 2.04. The smallest absolute Gasteiger partial charge is 0.0830 e. The summed E-state index contributed by atoms with van der Waals surface area (Å²) in [6.45, 7) is 3.22. The average molecular weight is 264 g/mol. The first-order chi connectivity index (χ1) is 8.27. The van der Waals surface area contributed by atoms with E-state index < -0.39 is 0 Å². The van der Waals surface area contributed by atoms with Crippen molar-refractivity contribution < 1.29 is 0 Å². The van der Waals surface area contributed by atoms with E-state index in [0.717, 1.165) is 13.0 Å². The number of benzene rings is 1. The zero-order chi connectivity index (χ0) is 11.8. The summed E-state index contributed by atoms with van der Waals surface area (Å²) in [6, 6.07) is 10.9. The van der Waals surface area contributed by atoms with E-state index in [-0.39, 0.29) is 12.4 Å². The number of nitrogens with one attached hydrogen (secondary N) is 1. The maximum atomic E-state index is 4.66. The van der Waals surface area contributed by atoms with Crippen molar-refractivity contribution in [2.45, 2.75) is 19.4 Å². The Balaban J connectivity index is 0.00000120. The van der Waals surface area contributed by atoms with Crippen molar-refractivity contribution in [3.8, 4) is 11.3 Å². The second-order valence-corrected chi connectivity index (χ2v) is 4.63. The SMILES string of the molecule is C[C@@H]1NCCc2c1nn(C)c2-c1ccccc1.Cl. The normalized spacial score (nSPS) is 18.0. The van der Waals surface area contributed by atoms with Crippen molar-refractivity contribution >= 4 is 12.4 Å². The van der Waals surface area contributed by atoms with E-state index in [1.54, 1.807) is 0 Å². The predicted molar refractivity (Wildman–Crippen MR) is 76.0 cm³/mol. The van der Waals surface area contributed by atoms with Crippen LogP contribution in [0.3, 0.4) is 0 Å². The van der Waals surface area contributed by atoms with Crippen molar-refractivity contribution in [3.63, 3.8) is 0 Å². The molecule has 1 aromatic heterocycles. The van der Waals surface area contributed by atoms with Gasteiger partial charge in [-0.15, -0.1) is 12.4 Å². The monoisotopic (exact) mass is 263 g/mol. The zero-order valence-electron chi connectivity index (χ0n) is 10.7. The van der Waals surface area contributed by atoms with Gasteiger partial charge in [-0.2, -0.15) is 5.10 Å². The van der Waals surface area contributed by atoms with E-state index in [4.69, 9.17) is 0 Å². The second-order valence-electron chi connectivity index (χ2n) is 4.63. The Labute approximate surface area is 114 Å². The third-order valence-electron chi connectivity index (χ3n) is 3.46. The quantitative estimate of drug-likeness (QED) is 0.857. The Morgan fingerprint density at radius 3 is 2.72 bits per heavy atom. The van der Waals surface area contributed by atoms with E-state index in [1.165, 1.54) is 22.5 Å². The minimum Gasteiger partial charge on any atom is -0.308 e. The molecule has 18 heavy (non-hydrogen) atoms. The molecular formula is C14H18ClN3. The van der Waals surface area contributed by atoms with Gasteiger partial charge >= 0.3 is 0 Å². The summed E-state index contributed by atoms with van der Waals surface area (Å²) in [5.74, 6) is 0. The Bertz CT molecular complexity index is 533. The molecule has 3 nitrogen and oxygen atoms in total. The molecule has 1 N–H and O–H groups in total. The minimum atomic E-state index is 0. The van der Waals surface area contributed by atoms with Crippen LogP contribution in [-0.2, 0) is 13.5 Å². The largest absolute Gasteiger partial charge is 0.308 e. The first kappa shape index (κ1) is 13.1. The molecule has 1 aromatic carbocycles. The first-order valence-electron chi connectivity index (χ1n) is 6.12. The van der Waals surface area contributed by atoms with Gasteiger partial charge in [-0.05, 0) is 19.9 Å². The van der Waals surface area contributed by atoms with Gasteiger partial charge in [0.2, 0.25) is 0 Å². The molecule has 0 radical (unpaired) electrons. The van der Waals surface area contributed by atoms with Crippen LogP contribution in [0.25, 0.3) is 11.3 Å². The molecule has 0 amide bonds. The van der Waals surface area contributed by atoms with Gasteiger partial charge in [0.05, 0.1) is 11.4 Å². The molecule has 1 aliphatic heterocycles. The Morgan fingerprint density at radius 2 is 2.00 bits per heavy atom. The number of hydrogen-bond donors (Lipinski definition) is 1. The molecule has 0 aliphatic carbocycles. The number of aryl methyl sites for hydroxylation is 1. The van der Waals surface area contributed by atoms with Crippen LogP contribution >= 0.6 is 12.4 Å². The first-order valence-corrected chi connectivity index (χ1v) is 6.12. The van der Waals surface area contributed by atoms with Crippen LogP contribution < -0.4 is 5.32 Å². The summed E-state index contributed by atoms with van der Waals surface area (Å²) in [5, 5.41) is 8.12. The summed E-state index contributed by atoms with van der Waals surface area (Å²) in [4.78, 5) is 0. The summed E-state index contributed by atoms with van der Waals surface area (Å²) < 4.78 is 2.02. The van der Waals surface area contributed by atoms with E-state index in [2.05, 4.69) is 47.7 Å². The van der Waals surface area contributed by atoms with Crippen molar-refractivity contribution in [3.05, 3.63) is 41.6 Å². The number of rotatable bonds is 1. The molecule has 3 rings (SSSR count). The lowest BCUT2D eigenvalue weighted by Crippen LogP contribution is -2.27. The highest BCUT2D eigenvalue weighted by atomic mass is 35.5. The highest BCUT2D eigenvalue weighted by Crippen LogP contribution is 2.31. The van der Waals surface area contributed by atoms with Crippen LogP contribution in [0.15, 0.2) is 30.3 Å². The van der Waals surface area contributed by atoms with Gasteiger partial charge in [-0.3, -0.25) is 4.68 Å². The molecule has 1 atom stereocenters. The molecule has 2 aromatic rings. The fourth-order valence-electron chi connectivity index (χ4n) is 2.65. The van der Waals surface area contributed by atoms with Crippen molar-refractivity contribution in [2.24, 2.45) is 7.05 Å². The molecule has 0 spiro atoms. The second kappa shape index (κ2) is 5.12. The lowest BCUT2D eigenvalue weighted by atomic mass is 9.97. The minimum absolute atomic E-state index is 0. The van der Waals surface area contributed by atoms with Crippen molar-refractivity contribution in [1.29, 1.82) is 0 Å². The van der Waals surface area contributed by atoms with Crippen LogP contribution in [0.5, 0.6) is 0 Å². The molecule has 4 heteroatoms. The number of fused-ring (bicyclic) bond motifs is 1. The Morgan fingerprint density at radius 1 is 1.28 bits per heavy atom. The standard InChI is InChI=1S/C14H17N3.ClH/c1-10-13-12(8-9-15-10)14(17(2)16-13)11-6-4-3-5-7-11;/h3-7,10,15H,8-9H2,1-2H3;1H/t10-;/m0./s1. The molecule has 0 saturated heterocycles. The maximum Gasteiger partial charge on any atom is 0.0830 e. The van der Waals surface area contributed by atoms with Crippen LogP contribution in [0.1, 0.15) is 24.2 Å². The highest BCUT2D eigenvalue weighted by Gasteiger charge is 2.24. The van der Waals surface area contributed by atoms with Crippen LogP contribution in [0, 0.1) is 0 Å². The number of aromatic nitrogens is 2. The fraction of sp³-hybridized carbons (Fsp3) is 0.357. The number of hydrogen-bond acceptors (Lipinski definition) is 2. The molecule has 2 heterocycles. The molecule has 1 aliphatic rings. The summed E-state index contributed by atoms with van der Waals surface area (Å²) in [7, 11) is 2.04. The topological polar surface area (TPSA) is 29.9 Å². The molecule has 0 unspecified atom stereocenters. The molecule has 0 fully saturated rings. The van der Waals surface area contributed by atoms with Gasteiger partial charge in [0, 0.05) is 24.2 Å². The van der Waals surface area contributed by atoms with Gasteiger partial charge in [0.15, 0.2) is 0 Å². The van der Waals surface area contributed by atoms with Crippen LogP contribution in [-0.4, -0.2) is 16.3 Å². The van der Waals surface area contributed by atoms with E-state index >= 15 is 0 Å². The van der Waals surface area contributed by atoms with Gasteiger partial charge in [-0.25, -0.2) is 0 Å². The molecule has 0 bridgehead atoms. The van der Waals surface area contributed by atoms with Crippen molar-refractivity contribution in [1.82, 2.24) is 15.1 Å². The maximum absolute atomic E-state index is 4.66. The summed E-state index contributed by atoms with van der Waals surface area (Å²) in [5.41, 5.74) is 5.15. The Kier molecular flexibility index (Phi) is 3.73. The average Bonchev–Trinajstić information content (AvgIpc) is 2.68. The molecule has 0 saturated carbocycles. The van der Waals surface area contributed by atoms with Gasteiger partial charge < -0.3 is 5.32 Å². The van der Waals surface area contributed by atoms with Gasteiger partial charge in [0.25, 0.3) is 0 Å². The summed E-state index contributed by atoms with van der Waals surface area (Å²) in [6.07, 6.45) is 1.07. The Hall–Kier alpha value is -1.32. The van der Waals surface area contributed by atoms with Crippen molar-refractivity contribution in [2.75, 3.05) is 6.54 Å². The van der Waals surface area contributed by atoms with Gasteiger partial charge in [0.1, 0.15) is 0 Å². The summed E-state index contributed by atoms with van der Waals surface area (Å²) >= 11 is 0. The predicted octanol–water partition coefficient (Wildman–Crippen LogP) is 2.72. The zero-order valence-corrected chi connectivity index (χ0v) is 11.5. The van der Waals surface area contributed by atoms with Gasteiger partial charge in [-0.1, -0.05) is 30.3 Å². The lowest BCUT2D eigenvalue weighted by molar-refractivity contribution is 0.525. The number of nitrogens with zero attached hydrogens (tertiary/aromatic N) is 2. The fourth-order valence-corrected chi connectivity index (χ4v) is 2.65. The molecule has 96 valence electrons. The van der Waals surface area contributed by atoms with Crippen LogP contribution in [0.4, 0.5) is 0 Å². The number of halogens is 1. The third-order valence-corrected chi connectivity index (χ3v) is 3.46. The van der Waals surface area contributed by atoms with Crippen LogP contribution in [0.2, 0.25) is 0 Å². The van der Waals surface area contributed by atoms with E-state index in [9.17, 15) is 0 Å². The van der Waals surface area contributed by atoms with E-state index in [1.807, 2.05) is 11.7 Å². The lowest BCUT2D eigenvalue weighted by Gasteiger charge is -2.19. The van der Waals surface area contributed by atoms with E-state index in [0.29, 0.717) is 6.04 Å².